The van der Waals surface area contributed by atoms with E-state index in [2.05, 4.69) is 20.4 Å². The molecule has 22 heavy (non-hydrogen) atoms. The summed E-state index contributed by atoms with van der Waals surface area (Å²) < 4.78 is 13.4. The van der Waals surface area contributed by atoms with Crippen molar-refractivity contribution in [3.05, 3.63) is 52.9 Å². The second-order valence-corrected chi connectivity index (χ2v) is 5.90. The molecule has 1 atom stereocenters. The molecule has 1 aromatic heterocycles. The minimum Gasteiger partial charge on any atom is -0.354 e. The van der Waals surface area contributed by atoms with Crippen molar-refractivity contribution in [2.75, 3.05) is 18.0 Å². The summed E-state index contributed by atoms with van der Waals surface area (Å²) in [6.07, 6.45) is 3.88. The highest BCUT2D eigenvalue weighted by atomic mass is 35.5. The second kappa shape index (κ2) is 7.03. The molecule has 1 aromatic carbocycles. The molecule has 1 saturated heterocycles. The van der Waals surface area contributed by atoms with Gasteiger partial charge in [-0.2, -0.15) is 5.10 Å². The molecule has 2 aromatic rings. The highest BCUT2D eigenvalue weighted by molar-refractivity contribution is 6.30. The van der Waals surface area contributed by atoms with E-state index in [-0.39, 0.29) is 10.8 Å². The zero-order chi connectivity index (χ0) is 15.4. The number of hydrogen-bond donors (Lipinski definition) is 1. The van der Waals surface area contributed by atoms with E-state index in [0.717, 1.165) is 37.3 Å². The number of nitrogens with zero attached hydrogens (tertiary/aromatic N) is 3. The van der Waals surface area contributed by atoms with Gasteiger partial charge >= 0.3 is 0 Å². The molecular formula is C16H18ClFN4. The molecule has 2 heterocycles. The van der Waals surface area contributed by atoms with Crippen LogP contribution in [-0.4, -0.2) is 29.3 Å². The van der Waals surface area contributed by atoms with Crippen molar-refractivity contribution in [1.29, 1.82) is 0 Å². The Morgan fingerprint density at radius 3 is 3.05 bits per heavy atom. The molecule has 0 radical (unpaired) electrons. The summed E-state index contributed by atoms with van der Waals surface area (Å²) >= 11 is 5.70. The maximum Gasteiger partial charge on any atom is 0.151 e. The van der Waals surface area contributed by atoms with Crippen LogP contribution in [0.3, 0.4) is 0 Å². The van der Waals surface area contributed by atoms with Crippen molar-refractivity contribution >= 4 is 17.4 Å². The van der Waals surface area contributed by atoms with Crippen LogP contribution in [0, 0.1) is 5.82 Å². The van der Waals surface area contributed by atoms with Crippen LogP contribution in [0.5, 0.6) is 0 Å². The summed E-state index contributed by atoms with van der Waals surface area (Å²) in [5.41, 5.74) is 0.901. The average Bonchev–Trinajstić information content (AvgIpc) is 2.57. The van der Waals surface area contributed by atoms with Gasteiger partial charge in [0, 0.05) is 31.9 Å². The number of nitrogens with one attached hydrogen (secondary N) is 1. The van der Waals surface area contributed by atoms with Crippen LogP contribution in [-0.2, 0) is 6.54 Å². The van der Waals surface area contributed by atoms with Gasteiger partial charge in [0.1, 0.15) is 5.82 Å². The van der Waals surface area contributed by atoms with Crippen molar-refractivity contribution in [3.8, 4) is 0 Å². The summed E-state index contributed by atoms with van der Waals surface area (Å²) in [6, 6.07) is 9.16. The summed E-state index contributed by atoms with van der Waals surface area (Å²) in [4.78, 5) is 2.23. The van der Waals surface area contributed by atoms with Crippen LogP contribution in [0.2, 0.25) is 5.02 Å². The smallest absolute Gasteiger partial charge is 0.151 e. The Labute approximate surface area is 134 Å². The minimum atomic E-state index is -0.370. The van der Waals surface area contributed by atoms with Crippen molar-refractivity contribution in [2.24, 2.45) is 0 Å². The number of aromatic nitrogens is 2. The molecule has 0 bridgehead atoms. The van der Waals surface area contributed by atoms with Crippen LogP contribution in [0.1, 0.15) is 18.4 Å². The normalized spacial score (nSPS) is 18.5. The first kappa shape index (κ1) is 15.2. The van der Waals surface area contributed by atoms with E-state index in [0.29, 0.717) is 12.6 Å². The van der Waals surface area contributed by atoms with E-state index in [1.165, 1.54) is 6.07 Å². The fourth-order valence-electron chi connectivity index (χ4n) is 2.73. The predicted octanol–water partition coefficient (Wildman–Crippen LogP) is 3.03. The third-order valence-corrected chi connectivity index (χ3v) is 4.19. The summed E-state index contributed by atoms with van der Waals surface area (Å²) in [5, 5.41) is 11.7. The fraction of sp³-hybridized carbons (Fsp3) is 0.375. The van der Waals surface area contributed by atoms with Crippen LogP contribution in [0.15, 0.2) is 36.5 Å². The lowest BCUT2D eigenvalue weighted by Gasteiger charge is -2.33. The number of hydrogen-bond acceptors (Lipinski definition) is 4. The van der Waals surface area contributed by atoms with Gasteiger partial charge in [0.25, 0.3) is 0 Å². The maximum atomic E-state index is 13.4. The summed E-state index contributed by atoms with van der Waals surface area (Å²) in [6.45, 7) is 2.51. The first-order chi connectivity index (χ1) is 10.7. The molecule has 1 aliphatic rings. The SMILES string of the molecule is Fc1cc(CNC2CCCN(c3cccnn3)C2)ccc1Cl. The van der Waals surface area contributed by atoms with Gasteiger partial charge in [0.05, 0.1) is 5.02 Å². The molecule has 1 aliphatic heterocycles. The predicted molar refractivity (Wildman–Crippen MR) is 85.5 cm³/mol. The number of anilines is 1. The summed E-state index contributed by atoms with van der Waals surface area (Å²) in [5.74, 6) is 0.539. The van der Waals surface area contributed by atoms with E-state index < -0.39 is 0 Å². The topological polar surface area (TPSA) is 41.0 Å². The first-order valence-electron chi connectivity index (χ1n) is 7.42. The Morgan fingerprint density at radius 2 is 2.27 bits per heavy atom. The molecule has 6 heteroatoms. The number of benzene rings is 1. The lowest BCUT2D eigenvalue weighted by molar-refractivity contribution is 0.419. The largest absolute Gasteiger partial charge is 0.354 e. The molecular weight excluding hydrogens is 303 g/mol. The van der Waals surface area contributed by atoms with Crippen molar-refractivity contribution < 1.29 is 4.39 Å². The number of halogens is 2. The van der Waals surface area contributed by atoms with Gasteiger partial charge in [0.15, 0.2) is 5.82 Å². The second-order valence-electron chi connectivity index (χ2n) is 5.50. The van der Waals surface area contributed by atoms with E-state index in [1.54, 1.807) is 12.3 Å². The van der Waals surface area contributed by atoms with Gasteiger partial charge in [-0.25, -0.2) is 4.39 Å². The monoisotopic (exact) mass is 320 g/mol. The molecule has 0 amide bonds. The van der Waals surface area contributed by atoms with E-state index in [4.69, 9.17) is 11.6 Å². The van der Waals surface area contributed by atoms with Crippen molar-refractivity contribution in [3.63, 3.8) is 0 Å². The van der Waals surface area contributed by atoms with Crippen LogP contribution in [0.4, 0.5) is 10.2 Å². The van der Waals surface area contributed by atoms with Crippen molar-refractivity contribution in [1.82, 2.24) is 15.5 Å². The lowest BCUT2D eigenvalue weighted by Crippen LogP contribution is -2.45. The van der Waals surface area contributed by atoms with E-state index in [9.17, 15) is 4.39 Å². The van der Waals surface area contributed by atoms with Gasteiger partial charge < -0.3 is 10.2 Å². The third kappa shape index (κ3) is 3.72. The molecule has 1 unspecified atom stereocenters. The van der Waals surface area contributed by atoms with Crippen LogP contribution in [0.25, 0.3) is 0 Å². The Morgan fingerprint density at radius 1 is 1.36 bits per heavy atom. The Kier molecular flexibility index (Phi) is 4.85. The maximum absolute atomic E-state index is 13.4. The Bertz CT molecular complexity index is 623. The zero-order valence-electron chi connectivity index (χ0n) is 12.2. The quantitative estimate of drug-likeness (QED) is 0.940. The van der Waals surface area contributed by atoms with Gasteiger partial charge in [-0.1, -0.05) is 17.7 Å². The molecule has 4 nitrogen and oxygen atoms in total. The first-order valence-corrected chi connectivity index (χ1v) is 7.80. The third-order valence-electron chi connectivity index (χ3n) is 3.88. The van der Waals surface area contributed by atoms with Crippen LogP contribution >= 0.6 is 11.6 Å². The lowest BCUT2D eigenvalue weighted by atomic mass is 10.1. The van der Waals surface area contributed by atoms with Gasteiger partial charge in [-0.05, 0) is 42.7 Å². The minimum absolute atomic E-state index is 0.162. The zero-order valence-corrected chi connectivity index (χ0v) is 12.9. The molecule has 1 fully saturated rings. The molecule has 0 saturated carbocycles. The van der Waals surface area contributed by atoms with Crippen LogP contribution < -0.4 is 10.2 Å². The van der Waals surface area contributed by atoms with Gasteiger partial charge in [-0.3, -0.25) is 0 Å². The standard InChI is InChI=1S/C16H18ClFN4/c17-14-6-5-12(9-15(14)18)10-19-13-3-2-8-22(11-13)16-4-1-7-20-21-16/h1,4-7,9,13,19H,2-3,8,10-11H2. The molecule has 0 aliphatic carbocycles. The fourth-order valence-corrected chi connectivity index (χ4v) is 2.84. The molecule has 1 N–H and O–H groups in total. The van der Waals surface area contributed by atoms with Gasteiger partial charge in [-0.15, -0.1) is 5.10 Å². The number of rotatable bonds is 4. The highest BCUT2D eigenvalue weighted by Gasteiger charge is 2.20. The molecule has 3 rings (SSSR count). The Hall–Kier alpha value is -1.72. The van der Waals surface area contributed by atoms with Crippen molar-refractivity contribution in [2.45, 2.75) is 25.4 Å². The highest BCUT2D eigenvalue weighted by Crippen LogP contribution is 2.18. The average molecular weight is 321 g/mol. The summed E-state index contributed by atoms with van der Waals surface area (Å²) in [7, 11) is 0. The Balaban J connectivity index is 1.57. The molecule has 116 valence electrons. The van der Waals surface area contributed by atoms with E-state index >= 15 is 0 Å². The van der Waals surface area contributed by atoms with Gasteiger partial charge in [0.2, 0.25) is 0 Å². The number of piperidine rings is 1. The molecule has 0 spiro atoms. The van der Waals surface area contributed by atoms with E-state index in [1.807, 2.05) is 18.2 Å².